The van der Waals surface area contributed by atoms with E-state index < -0.39 is 0 Å². The van der Waals surface area contributed by atoms with Crippen LogP contribution in [0.4, 0.5) is 11.4 Å². The number of hydrogen-bond acceptors (Lipinski definition) is 3. The fourth-order valence-electron chi connectivity index (χ4n) is 4.16. The van der Waals surface area contributed by atoms with Crippen molar-refractivity contribution in [2.24, 2.45) is 0 Å². The Morgan fingerprint density at radius 3 is 2.47 bits per heavy atom. The first-order valence-corrected chi connectivity index (χ1v) is 11.4. The molecule has 0 atom stereocenters. The number of benzene rings is 2. The summed E-state index contributed by atoms with van der Waals surface area (Å²) in [6.45, 7) is 3.21. The van der Waals surface area contributed by atoms with E-state index in [1.54, 1.807) is 35.4 Å². The lowest BCUT2D eigenvalue weighted by Crippen LogP contribution is -2.31. The van der Waals surface area contributed by atoms with E-state index in [9.17, 15) is 9.59 Å². The zero-order chi connectivity index (χ0) is 22.2. The first-order chi connectivity index (χ1) is 15.5. The molecule has 0 N–H and O–H groups in total. The molecular formula is C26H23N3O2S. The van der Waals surface area contributed by atoms with E-state index in [1.807, 2.05) is 59.7 Å². The third-order valence-electron chi connectivity index (χ3n) is 6.01. The van der Waals surface area contributed by atoms with E-state index in [0.717, 1.165) is 34.1 Å². The lowest BCUT2D eigenvalue weighted by molar-refractivity contribution is 0.0981. The molecule has 2 amide bonds. The number of thiophene rings is 1. The second kappa shape index (κ2) is 8.13. The largest absolute Gasteiger partial charge is 0.345 e. The van der Waals surface area contributed by atoms with Gasteiger partial charge in [-0.1, -0.05) is 18.2 Å². The fraction of sp³-hybridized carbons (Fsp3) is 0.154. The molecule has 4 aromatic rings. The van der Waals surface area contributed by atoms with Gasteiger partial charge in [-0.2, -0.15) is 0 Å². The predicted molar refractivity (Wildman–Crippen MR) is 129 cm³/mol. The zero-order valence-electron chi connectivity index (χ0n) is 18.0. The first-order valence-electron chi connectivity index (χ1n) is 10.5. The van der Waals surface area contributed by atoms with Crippen LogP contribution in [0.15, 0.2) is 78.3 Å². The number of fused-ring (bicyclic) bond motifs is 2. The summed E-state index contributed by atoms with van der Waals surface area (Å²) in [6.07, 6.45) is 2.05. The molecule has 2 aromatic heterocycles. The van der Waals surface area contributed by atoms with Gasteiger partial charge < -0.3 is 14.4 Å². The average Bonchev–Trinajstić information content (AvgIpc) is 3.41. The highest BCUT2D eigenvalue weighted by molar-refractivity contribution is 7.10. The van der Waals surface area contributed by atoms with Gasteiger partial charge in [0.1, 0.15) is 0 Å². The third-order valence-corrected chi connectivity index (χ3v) is 6.85. The van der Waals surface area contributed by atoms with Gasteiger partial charge in [0.2, 0.25) is 0 Å². The number of amides is 2. The van der Waals surface area contributed by atoms with Crippen molar-refractivity contribution in [3.63, 3.8) is 0 Å². The summed E-state index contributed by atoms with van der Waals surface area (Å²) >= 11 is 1.56. The lowest BCUT2D eigenvalue weighted by atomic mass is 10.1. The molecule has 6 heteroatoms. The van der Waals surface area contributed by atoms with Gasteiger partial charge in [0.15, 0.2) is 0 Å². The number of hydrogen-bond donors (Lipinski definition) is 0. The summed E-state index contributed by atoms with van der Waals surface area (Å²) in [5.74, 6) is -0.105. The van der Waals surface area contributed by atoms with Crippen molar-refractivity contribution in [3.05, 3.63) is 106 Å². The molecule has 5 rings (SSSR count). The number of carbonyl (C=O) groups excluding carboxylic acids is 2. The Hall–Kier alpha value is -3.64. The van der Waals surface area contributed by atoms with Crippen molar-refractivity contribution in [1.82, 2.24) is 4.57 Å². The highest BCUT2D eigenvalue weighted by Gasteiger charge is 2.25. The Balaban J connectivity index is 1.43. The molecule has 1 aliphatic heterocycles. The molecule has 32 heavy (non-hydrogen) atoms. The molecule has 2 aromatic carbocycles. The van der Waals surface area contributed by atoms with Crippen molar-refractivity contribution in [3.8, 4) is 0 Å². The molecule has 160 valence electrons. The molecule has 0 bridgehead atoms. The fourth-order valence-corrected chi connectivity index (χ4v) is 4.85. The Kier molecular flexibility index (Phi) is 5.15. The number of aryl methyl sites for hydroxylation is 1. The molecule has 0 unspecified atom stereocenters. The van der Waals surface area contributed by atoms with Gasteiger partial charge in [0.05, 0.1) is 12.1 Å². The Bertz CT molecular complexity index is 1300. The number of aromatic nitrogens is 1. The normalized spacial score (nSPS) is 12.6. The Morgan fingerprint density at radius 2 is 1.72 bits per heavy atom. The molecule has 0 fully saturated rings. The van der Waals surface area contributed by atoms with Crippen molar-refractivity contribution in [2.45, 2.75) is 20.0 Å². The van der Waals surface area contributed by atoms with Crippen LogP contribution in [0, 0.1) is 6.92 Å². The van der Waals surface area contributed by atoms with E-state index in [2.05, 4.69) is 22.9 Å². The van der Waals surface area contributed by atoms with Gasteiger partial charge in [-0.25, -0.2) is 0 Å². The zero-order valence-corrected chi connectivity index (χ0v) is 18.8. The first kappa shape index (κ1) is 20.3. The van der Waals surface area contributed by atoms with Gasteiger partial charge in [0.25, 0.3) is 11.8 Å². The van der Waals surface area contributed by atoms with Crippen molar-refractivity contribution < 1.29 is 9.59 Å². The SMILES string of the molecule is Cc1sccc1C(=O)N(C)c1ccc(C(=O)N2Cc3cccn3Cc3ccccc32)cc1. The van der Waals surface area contributed by atoms with Crippen LogP contribution in [-0.2, 0) is 13.1 Å². The summed E-state index contributed by atoms with van der Waals surface area (Å²) < 4.78 is 2.18. The molecule has 0 spiro atoms. The Labute approximate surface area is 191 Å². The highest BCUT2D eigenvalue weighted by atomic mass is 32.1. The quantitative estimate of drug-likeness (QED) is 0.431. The number of nitrogens with zero attached hydrogens (tertiary/aromatic N) is 3. The predicted octanol–water partition coefficient (Wildman–Crippen LogP) is 5.34. The van der Waals surface area contributed by atoms with Crippen LogP contribution in [0.5, 0.6) is 0 Å². The van der Waals surface area contributed by atoms with Crippen molar-refractivity contribution in [1.29, 1.82) is 0 Å². The van der Waals surface area contributed by atoms with Crippen LogP contribution in [0.2, 0.25) is 0 Å². The minimum Gasteiger partial charge on any atom is -0.345 e. The molecule has 1 aliphatic rings. The van der Waals surface area contributed by atoms with Crippen molar-refractivity contribution >= 4 is 34.5 Å². The molecular weight excluding hydrogens is 418 g/mol. The maximum Gasteiger partial charge on any atom is 0.259 e. The van der Waals surface area contributed by atoms with E-state index >= 15 is 0 Å². The number of anilines is 2. The monoisotopic (exact) mass is 441 g/mol. The second-order valence-electron chi connectivity index (χ2n) is 7.95. The molecule has 5 nitrogen and oxygen atoms in total. The lowest BCUT2D eigenvalue weighted by Gasteiger charge is -2.23. The van der Waals surface area contributed by atoms with Crippen LogP contribution in [-0.4, -0.2) is 23.4 Å². The molecule has 0 saturated heterocycles. The van der Waals surface area contributed by atoms with Crippen LogP contribution in [0.1, 0.15) is 36.9 Å². The molecule has 0 saturated carbocycles. The highest BCUT2D eigenvalue weighted by Crippen LogP contribution is 2.29. The standard InChI is InChI=1S/C26H23N3O2S/c1-18-23(13-15-32-18)26(31)27(2)21-11-9-19(10-12-21)25(30)29-17-22-7-5-14-28(22)16-20-6-3-4-8-24(20)29/h3-15H,16-17H2,1-2H3. The molecule has 3 heterocycles. The van der Waals surface area contributed by atoms with E-state index in [0.29, 0.717) is 17.7 Å². The minimum absolute atomic E-state index is 0.0509. The van der Waals surface area contributed by atoms with Gasteiger partial charge in [-0.05, 0) is 66.4 Å². The Morgan fingerprint density at radius 1 is 0.938 bits per heavy atom. The van der Waals surface area contributed by atoms with Crippen LogP contribution in [0.3, 0.4) is 0 Å². The maximum absolute atomic E-state index is 13.5. The third kappa shape index (κ3) is 3.52. The van der Waals surface area contributed by atoms with E-state index in [4.69, 9.17) is 0 Å². The summed E-state index contributed by atoms with van der Waals surface area (Å²) in [4.78, 5) is 30.8. The smallest absolute Gasteiger partial charge is 0.259 e. The minimum atomic E-state index is -0.0543. The maximum atomic E-state index is 13.5. The average molecular weight is 442 g/mol. The van der Waals surface area contributed by atoms with Crippen LogP contribution in [0.25, 0.3) is 0 Å². The van der Waals surface area contributed by atoms with Crippen molar-refractivity contribution in [2.75, 3.05) is 16.8 Å². The number of carbonyl (C=O) groups is 2. The van der Waals surface area contributed by atoms with Gasteiger partial charge in [-0.3, -0.25) is 9.59 Å². The van der Waals surface area contributed by atoms with Crippen LogP contribution < -0.4 is 9.80 Å². The van der Waals surface area contributed by atoms with Gasteiger partial charge in [0, 0.05) is 47.3 Å². The molecule has 0 aliphatic carbocycles. The topological polar surface area (TPSA) is 45.6 Å². The summed E-state index contributed by atoms with van der Waals surface area (Å²) in [5, 5.41) is 1.92. The molecule has 0 radical (unpaired) electrons. The summed E-state index contributed by atoms with van der Waals surface area (Å²) in [7, 11) is 1.76. The second-order valence-corrected chi connectivity index (χ2v) is 9.07. The van der Waals surface area contributed by atoms with Crippen LogP contribution >= 0.6 is 11.3 Å². The van der Waals surface area contributed by atoms with E-state index in [-0.39, 0.29) is 11.8 Å². The number of para-hydroxylation sites is 1. The van der Waals surface area contributed by atoms with Gasteiger partial charge in [-0.15, -0.1) is 11.3 Å². The summed E-state index contributed by atoms with van der Waals surface area (Å²) in [6, 6.07) is 21.2. The van der Waals surface area contributed by atoms with E-state index in [1.165, 1.54) is 0 Å². The number of rotatable bonds is 3. The van der Waals surface area contributed by atoms with Gasteiger partial charge >= 0.3 is 0 Å². The summed E-state index contributed by atoms with van der Waals surface area (Å²) in [5.41, 5.74) is 5.21.